The maximum Gasteiger partial charge on any atom is 0.490 e. The highest BCUT2D eigenvalue weighted by atomic mass is 19.4. The summed E-state index contributed by atoms with van der Waals surface area (Å²) < 4.78 is 31.7. The number of nitrogens with zero attached hydrogens (tertiary/aromatic N) is 2. The SMILES string of the molecule is O=C(O)C(F)(F)F.c1cc(CNCCN2CCNCC2)cc(-c2cccc(-c3nc4ccccc4[nH]3)c2)c1. The van der Waals surface area contributed by atoms with Gasteiger partial charge in [-0.3, -0.25) is 4.90 Å². The number of benzene rings is 3. The minimum absolute atomic E-state index is 0.892. The molecule has 0 bridgehead atoms. The number of hydrogen-bond acceptors (Lipinski definition) is 5. The van der Waals surface area contributed by atoms with Gasteiger partial charge in [-0.2, -0.15) is 13.2 Å². The van der Waals surface area contributed by atoms with Crippen molar-refractivity contribution in [2.75, 3.05) is 39.3 Å². The molecule has 10 heteroatoms. The van der Waals surface area contributed by atoms with Crippen molar-refractivity contribution in [1.29, 1.82) is 0 Å². The van der Waals surface area contributed by atoms with Crippen LogP contribution in [-0.2, 0) is 11.3 Å². The Morgan fingerprint density at radius 1 is 0.947 bits per heavy atom. The van der Waals surface area contributed by atoms with Crippen molar-refractivity contribution in [1.82, 2.24) is 25.5 Å². The molecule has 0 unspecified atom stereocenters. The molecule has 5 rings (SSSR count). The number of H-pyrrole nitrogens is 1. The highest BCUT2D eigenvalue weighted by Crippen LogP contribution is 2.27. The van der Waals surface area contributed by atoms with E-state index >= 15 is 0 Å². The van der Waals surface area contributed by atoms with Crippen LogP contribution in [-0.4, -0.2) is 71.4 Å². The number of hydrogen-bond donors (Lipinski definition) is 4. The summed E-state index contributed by atoms with van der Waals surface area (Å²) in [6, 6.07) is 25.6. The summed E-state index contributed by atoms with van der Waals surface area (Å²) in [5.41, 5.74) is 6.92. The lowest BCUT2D eigenvalue weighted by molar-refractivity contribution is -0.192. The first-order valence-corrected chi connectivity index (χ1v) is 12.4. The van der Waals surface area contributed by atoms with E-state index in [-0.39, 0.29) is 0 Å². The highest BCUT2D eigenvalue weighted by molar-refractivity contribution is 5.80. The second kappa shape index (κ2) is 12.7. The molecule has 3 aromatic carbocycles. The molecule has 0 aliphatic carbocycles. The molecule has 200 valence electrons. The minimum atomic E-state index is -5.08. The van der Waals surface area contributed by atoms with Crippen LogP contribution in [0, 0.1) is 0 Å². The summed E-state index contributed by atoms with van der Waals surface area (Å²) in [6.07, 6.45) is -5.08. The molecule has 0 amide bonds. The van der Waals surface area contributed by atoms with Crippen molar-refractivity contribution < 1.29 is 23.1 Å². The zero-order valence-corrected chi connectivity index (χ0v) is 20.8. The third-order valence-electron chi connectivity index (χ3n) is 6.17. The first-order valence-electron chi connectivity index (χ1n) is 12.4. The number of alkyl halides is 3. The molecule has 1 aliphatic heterocycles. The summed E-state index contributed by atoms with van der Waals surface area (Å²) in [6.45, 7) is 7.54. The predicted octanol–water partition coefficient (Wildman–Crippen LogP) is 4.53. The number of nitrogens with one attached hydrogen (secondary N) is 3. The van der Waals surface area contributed by atoms with E-state index in [9.17, 15) is 13.2 Å². The average molecular weight is 526 g/mol. The van der Waals surface area contributed by atoms with Crippen LogP contribution < -0.4 is 10.6 Å². The fourth-order valence-electron chi connectivity index (χ4n) is 4.20. The van der Waals surface area contributed by atoms with Crippen LogP contribution in [0.4, 0.5) is 13.2 Å². The fourth-order valence-corrected chi connectivity index (χ4v) is 4.20. The molecule has 38 heavy (non-hydrogen) atoms. The van der Waals surface area contributed by atoms with Crippen LogP contribution in [0.2, 0.25) is 0 Å². The Morgan fingerprint density at radius 2 is 1.61 bits per heavy atom. The Labute approximate surface area is 218 Å². The van der Waals surface area contributed by atoms with Gasteiger partial charge in [-0.15, -0.1) is 0 Å². The molecular weight excluding hydrogens is 495 g/mol. The normalized spacial score (nSPS) is 14.2. The molecule has 0 atom stereocenters. The van der Waals surface area contributed by atoms with Crippen LogP contribution in [0.25, 0.3) is 33.5 Å². The van der Waals surface area contributed by atoms with Gasteiger partial charge in [0.05, 0.1) is 11.0 Å². The number of carboxylic acids is 1. The molecule has 0 saturated carbocycles. The molecule has 0 radical (unpaired) electrons. The van der Waals surface area contributed by atoms with Gasteiger partial charge in [-0.05, 0) is 41.0 Å². The molecule has 4 aromatic rings. The van der Waals surface area contributed by atoms with Crippen LogP contribution >= 0.6 is 0 Å². The zero-order chi connectivity index (χ0) is 27.0. The van der Waals surface area contributed by atoms with E-state index in [2.05, 4.69) is 75.1 Å². The molecule has 1 aromatic heterocycles. The summed E-state index contributed by atoms with van der Waals surface area (Å²) in [7, 11) is 0. The number of imidazole rings is 1. The molecule has 7 nitrogen and oxygen atoms in total. The van der Waals surface area contributed by atoms with Gasteiger partial charge in [0, 0.05) is 51.4 Å². The van der Waals surface area contributed by atoms with Crippen molar-refractivity contribution in [3.8, 4) is 22.5 Å². The number of carboxylic acid groups (broad SMARTS) is 1. The zero-order valence-electron chi connectivity index (χ0n) is 20.8. The van der Waals surface area contributed by atoms with Crippen molar-refractivity contribution in [2.45, 2.75) is 12.7 Å². The van der Waals surface area contributed by atoms with E-state index in [0.29, 0.717) is 0 Å². The second-order valence-corrected chi connectivity index (χ2v) is 8.96. The van der Waals surface area contributed by atoms with Crippen LogP contribution in [0.15, 0.2) is 72.8 Å². The van der Waals surface area contributed by atoms with Gasteiger partial charge in [-0.1, -0.05) is 48.5 Å². The van der Waals surface area contributed by atoms with Crippen molar-refractivity contribution in [3.05, 3.63) is 78.4 Å². The number of fused-ring (bicyclic) bond motifs is 1. The average Bonchev–Trinajstić information content (AvgIpc) is 3.36. The van der Waals surface area contributed by atoms with Gasteiger partial charge < -0.3 is 20.7 Å². The van der Waals surface area contributed by atoms with Crippen molar-refractivity contribution >= 4 is 17.0 Å². The van der Waals surface area contributed by atoms with E-state index in [4.69, 9.17) is 14.9 Å². The number of aliphatic carboxylic acids is 1. The standard InChI is InChI=1S/C26H29N5.C2HF3O2/c1-2-10-25-24(9-1)29-26(30-25)23-8-4-7-22(18-23)21-6-3-5-20(17-21)19-28-13-16-31-14-11-27-12-15-31;3-2(4,5)1(6)7/h1-10,17-18,27-28H,11-16,19H2,(H,29,30);(H,6,7). The molecule has 4 N–H and O–H groups in total. The summed E-state index contributed by atoms with van der Waals surface area (Å²) in [4.78, 5) is 19.6. The van der Waals surface area contributed by atoms with E-state index < -0.39 is 12.1 Å². The number of aromatic amines is 1. The van der Waals surface area contributed by atoms with E-state index in [1.165, 1.54) is 16.7 Å². The molecular formula is C28H30F3N5O2. The number of para-hydroxylation sites is 2. The Bertz CT molecular complexity index is 1320. The fraction of sp³-hybridized carbons (Fsp3) is 0.286. The van der Waals surface area contributed by atoms with Gasteiger partial charge >= 0.3 is 12.1 Å². The predicted molar refractivity (Wildman–Crippen MR) is 142 cm³/mol. The lowest BCUT2D eigenvalue weighted by Crippen LogP contribution is -2.45. The van der Waals surface area contributed by atoms with Gasteiger partial charge in [-0.25, -0.2) is 9.78 Å². The maximum absolute atomic E-state index is 10.6. The van der Waals surface area contributed by atoms with Gasteiger partial charge in [0.1, 0.15) is 5.82 Å². The summed E-state index contributed by atoms with van der Waals surface area (Å²) >= 11 is 0. The third-order valence-corrected chi connectivity index (χ3v) is 6.17. The largest absolute Gasteiger partial charge is 0.490 e. The lowest BCUT2D eigenvalue weighted by atomic mass is 10.0. The number of rotatable bonds is 7. The number of aromatic nitrogens is 2. The minimum Gasteiger partial charge on any atom is -0.475 e. The molecule has 0 spiro atoms. The first-order chi connectivity index (χ1) is 18.3. The Kier molecular flexibility index (Phi) is 9.11. The summed E-state index contributed by atoms with van der Waals surface area (Å²) in [5, 5.41) is 14.1. The number of carbonyl (C=O) groups is 1. The van der Waals surface area contributed by atoms with E-state index in [0.717, 1.165) is 68.2 Å². The monoisotopic (exact) mass is 525 g/mol. The Balaban J connectivity index is 0.000000426. The van der Waals surface area contributed by atoms with Gasteiger partial charge in [0.2, 0.25) is 0 Å². The maximum atomic E-state index is 10.6. The molecule has 2 heterocycles. The molecule has 1 saturated heterocycles. The molecule has 1 aliphatic rings. The van der Waals surface area contributed by atoms with Crippen LogP contribution in [0.3, 0.4) is 0 Å². The Hall–Kier alpha value is -3.73. The summed E-state index contributed by atoms with van der Waals surface area (Å²) in [5.74, 6) is -1.85. The quantitative estimate of drug-likeness (QED) is 0.265. The van der Waals surface area contributed by atoms with E-state index in [1.807, 2.05) is 18.2 Å². The topological polar surface area (TPSA) is 93.3 Å². The smallest absolute Gasteiger partial charge is 0.475 e. The number of halogens is 3. The van der Waals surface area contributed by atoms with Gasteiger partial charge in [0.15, 0.2) is 0 Å². The lowest BCUT2D eigenvalue weighted by Gasteiger charge is -2.27. The molecule has 1 fully saturated rings. The van der Waals surface area contributed by atoms with Crippen LogP contribution in [0.1, 0.15) is 5.56 Å². The first kappa shape index (κ1) is 27.3. The van der Waals surface area contributed by atoms with Gasteiger partial charge in [0.25, 0.3) is 0 Å². The number of piperazine rings is 1. The van der Waals surface area contributed by atoms with Crippen LogP contribution in [0.5, 0.6) is 0 Å². The second-order valence-electron chi connectivity index (χ2n) is 8.96. The van der Waals surface area contributed by atoms with E-state index in [1.54, 1.807) is 0 Å². The third kappa shape index (κ3) is 7.64. The highest BCUT2D eigenvalue weighted by Gasteiger charge is 2.38. The van der Waals surface area contributed by atoms with Crippen molar-refractivity contribution in [3.63, 3.8) is 0 Å². The Morgan fingerprint density at radius 3 is 2.32 bits per heavy atom. The van der Waals surface area contributed by atoms with Crippen molar-refractivity contribution in [2.24, 2.45) is 0 Å².